The van der Waals surface area contributed by atoms with Crippen LogP contribution in [0.25, 0.3) is 0 Å². The molecule has 0 bridgehead atoms. The van der Waals surface area contributed by atoms with E-state index >= 15 is 0 Å². The van der Waals surface area contributed by atoms with Gasteiger partial charge in [0, 0.05) is 11.5 Å². The Morgan fingerprint density at radius 1 is 1.11 bits per heavy atom. The molecule has 0 spiro atoms. The van der Waals surface area contributed by atoms with Gasteiger partial charge in [-0.15, -0.1) is 0 Å². The third-order valence-corrected chi connectivity index (χ3v) is 3.93. The first kappa shape index (κ1) is 13.1. The van der Waals surface area contributed by atoms with Crippen LogP contribution < -0.4 is 0 Å². The van der Waals surface area contributed by atoms with Crippen molar-refractivity contribution in [2.75, 3.05) is 14.1 Å². The summed E-state index contributed by atoms with van der Waals surface area (Å²) in [6.45, 7) is 2.29. The predicted molar refractivity (Wildman–Crippen MR) is 78.8 cm³/mol. The molecule has 1 nitrogen and oxygen atoms in total. The van der Waals surface area contributed by atoms with E-state index in [1.165, 1.54) is 5.56 Å². The quantitative estimate of drug-likeness (QED) is 0.725. The van der Waals surface area contributed by atoms with E-state index < -0.39 is 0 Å². The molecule has 1 aromatic rings. The molecule has 1 aromatic carbocycles. The average Bonchev–Trinajstić information content (AvgIpc) is 2.40. The molecule has 0 aromatic heterocycles. The molecule has 0 N–H and O–H groups in total. The van der Waals surface area contributed by atoms with E-state index in [1.807, 2.05) is 0 Å². The lowest BCUT2D eigenvalue weighted by Crippen LogP contribution is -2.34. The van der Waals surface area contributed by atoms with Gasteiger partial charge in [-0.2, -0.15) is 0 Å². The molecule has 18 heavy (non-hydrogen) atoms. The SMILES string of the molecule is CC(CC1(c2ccccc2)C=CCC=C1)N(C)C. The summed E-state index contributed by atoms with van der Waals surface area (Å²) >= 11 is 0. The van der Waals surface area contributed by atoms with Gasteiger partial charge in [-0.3, -0.25) is 0 Å². The maximum Gasteiger partial charge on any atom is 0.0327 e. The second-order valence-corrected chi connectivity index (χ2v) is 5.46. The van der Waals surface area contributed by atoms with Crippen LogP contribution in [0, 0.1) is 0 Å². The molecule has 1 aliphatic carbocycles. The molecule has 2 rings (SSSR count). The summed E-state index contributed by atoms with van der Waals surface area (Å²) in [5.74, 6) is 0. The number of nitrogens with zero attached hydrogens (tertiary/aromatic N) is 1. The fraction of sp³-hybridized carbons (Fsp3) is 0.412. The highest BCUT2D eigenvalue weighted by molar-refractivity contribution is 5.39. The number of benzene rings is 1. The first-order valence-electron chi connectivity index (χ1n) is 6.71. The van der Waals surface area contributed by atoms with E-state index in [9.17, 15) is 0 Å². The average molecular weight is 241 g/mol. The fourth-order valence-corrected chi connectivity index (χ4v) is 2.56. The molecular formula is C17H23N. The van der Waals surface area contributed by atoms with Crippen molar-refractivity contribution in [3.05, 3.63) is 60.2 Å². The van der Waals surface area contributed by atoms with Crippen molar-refractivity contribution in [1.29, 1.82) is 0 Å². The summed E-state index contributed by atoms with van der Waals surface area (Å²) < 4.78 is 0. The van der Waals surface area contributed by atoms with Crippen LogP contribution in [0.2, 0.25) is 0 Å². The highest BCUT2D eigenvalue weighted by atomic mass is 15.1. The van der Waals surface area contributed by atoms with Crippen molar-refractivity contribution < 1.29 is 0 Å². The molecule has 0 aliphatic heterocycles. The van der Waals surface area contributed by atoms with Crippen LogP contribution in [-0.4, -0.2) is 25.0 Å². The lowest BCUT2D eigenvalue weighted by molar-refractivity contribution is 0.275. The molecule has 1 heteroatoms. The second kappa shape index (κ2) is 5.53. The molecular weight excluding hydrogens is 218 g/mol. The molecule has 0 heterocycles. The van der Waals surface area contributed by atoms with Crippen LogP contribution in [0.15, 0.2) is 54.6 Å². The minimum atomic E-state index is 0.0726. The van der Waals surface area contributed by atoms with Gasteiger partial charge in [0.25, 0.3) is 0 Å². The van der Waals surface area contributed by atoms with Gasteiger partial charge in [-0.05, 0) is 39.4 Å². The van der Waals surface area contributed by atoms with Crippen LogP contribution in [0.4, 0.5) is 0 Å². The Morgan fingerprint density at radius 2 is 1.72 bits per heavy atom. The molecule has 0 amide bonds. The summed E-state index contributed by atoms with van der Waals surface area (Å²) in [6, 6.07) is 11.4. The van der Waals surface area contributed by atoms with Crippen LogP contribution in [-0.2, 0) is 5.41 Å². The van der Waals surface area contributed by atoms with E-state index in [4.69, 9.17) is 0 Å². The zero-order valence-corrected chi connectivity index (χ0v) is 11.6. The summed E-state index contributed by atoms with van der Waals surface area (Å²) in [5, 5.41) is 0. The van der Waals surface area contributed by atoms with E-state index in [0.29, 0.717) is 6.04 Å². The Morgan fingerprint density at radius 3 is 2.28 bits per heavy atom. The van der Waals surface area contributed by atoms with Gasteiger partial charge in [-0.25, -0.2) is 0 Å². The van der Waals surface area contributed by atoms with E-state index in [1.54, 1.807) is 0 Å². The van der Waals surface area contributed by atoms with Crippen LogP contribution in [0.3, 0.4) is 0 Å². The number of allylic oxidation sites excluding steroid dienone is 4. The Kier molecular flexibility index (Phi) is 4.03. The third-order valence-electron chi connectivity index (χ3n) is 3.93. The van der Waals surface area contributed by atoms with Gasteiger partial charge in [0.1, 0.15) is 0 Å². The summed E-state index contributed by atoms with van der Waals surface area (Å²) in [4.78, 5) is 2.29. The van der Waals surface area contributed by atoms with Gasteiger partial charge in [0.2, 0.25) is 0 Å². The number of hydrogen-bond acceptors (Lipinski definition) is 1. The molecule has 96 valence electrons. The lowest BCUT2D eigenvalue weighted by atomic mass is 9.73. The topological polar surface area (TPSA) is 3.24 Å². The van der Waals surface area contributed by atoms with Gasteiger partial charge in [-0.1, -0.05) is 54.6 Å². The number of rotatable bonds is 4. The van der Waals surface area contributed by atoms with Crippen molar-refractivity contribution in [3.8, 4) is 0 Å². The first-order valence-corrected chi connectivity index (χ1v) is 6.71. The first-order chi connectivity index (χ1) is 8.64. The molecule has 1 aliphatic rings. The zero-order valence-electron chi connectivity index (χ0n) is 11.6. The molecule has 1 unspecified atom stereocenters. The normalized spacial score (nSPS) is 19.1. The minimum Gasteiger partial charge on any atom is -0.307 e. The fourth-order valence-electron chi connectivity index (χ4n) is 2.56. The van der Waals surface area contributed by atoms with Crippen LogP contribution >= 0.6 is 0 Å². The molecule has 0 saturated heterocycles. The van der Waals surface area contributed by atoms with E-state index in [-0.39, 0.29) is 5.41 Å². The van der Waals surface area contributed by atoms with Gasteiger partial charge < -0.3 is 4.90 Å². The standard InChI is InChI=1S/C17H23N/c1-15(18(2)3)14-17(12-8-5-9-13-17)16-10-6-4-7-11-16/h4,6-13,15H,5,14H2,1-3H3. The van der Waals surface area contributed by atoms with Crippen molar-refractivity contribution in [3.63, 3.8) is 0 Å². The maximum absolute atomic E-state index is 2.38. The smallest absolute Gasteiger partial charge is 0.0327 e. The predicted octanol–water partition coefficient (Wildman–Crippen LogP) is 3.78. The minimum absolute atomic E-state index is 0.0726. The van der Waals surface area contributed by atoms with Crippen molar-refractivity contribution in [2.45, 2.75) is 31.2 Å². The molecule has 0 saturated carbocycles. The third kappa shape index (κ3) is 2.73. The maximum atomic E-state index is 2.38. The molecule has 0 radical (unpaired) electrons. The Hall–Kier alpha value is -1.34. The van der Waals surface area contributed by atoms with E-state index in [2.05, 4.69) is 80.6 Å². The second-order valence-electron chi connectivity index (χ2n) is 5.46. The summed E-state index contributed by atoms with van der Waals surface area (Å²) in [5.41, 5.74) is 1.47. The monoisotopic (exact) mass is 241 g/mol. The molecule has 1 atom stereocenters. The van der Waals surface area contributed by atoms with Crippen molar-refractivity contribution in [1.82, 2.24) is 4.90 Å². The highest BCUT2D eigenvalue weighted by Crippen LogP contribution is 2.35. The van der Waals surface area contributed by atoms with E-state index in [0.717, 1.165) is 12.8 Å². The number of hydrogen-bond donors (Lipinski definition) is 0. The lowest BCUT2D eigenvalue weighted by Gasteiger charge is -2.35. The van der Waals surface area contributed by atoms with Crippen molar-refractivity contribution in [2.24, 2.45) is 0 Å². The zero-order chi connectivity index (χ0) is 13.0. The van der Waals surface area contributed by atoms with Crippen molar-refractivity contribution >= 4 is 0 Å². The Balaban J connectivity index is 2.33. The van der Waals surface area contributed by atoms with Gasteiger partial charge >= 0.3 is 0 Å². The van der Waals surface area contributed by atoms with Gasteiger partial charge in [0.05, 0.1) is 0 Å². The molecule has 0 fully saturated rings. The highest BCUT2D eigenvalue weighted by Gasteiger charge is 2.29. The van der Waals surface area contributed by atoms with Crippen LogP contribution in [0.5, 0.6) is 0 Å². The van der Waals surface area contributed by atoms with Gasteiger partial charge in [0.15, 0.2) is 0 Å². The summed E-state index contributed by atoms with van der Waals surface area (Å²) in [7, 11) is 4.30. The Bertz CT molecular complexity index is 416. The Labute approximate surface area is 111 Å². The summed E-state index contributed by atoms with van der Waals surface area (Å²) in [6.07, 6.45) is 11.5. The largest absolute Gasteiger partial charge is 0.307 e. The van der Waals surface area contributed by atoms with Crippen LogP contribution in [0.1, 0.15) is 25.3 Å².